The second-order valence-corrected chi connectivity index (χ2v) is 5.13. The fourth-order valence-corrected chi connectivity index (χ4v) is 2.79. The zero-order chi connectivity index (χ0) is 13.5. The van der Waals surface area contributed by atoms with Gasteiger partial charge in [-0.25, -0.2) is 4.98 Å². The summed E-state index contributed by atoms with van der Waals surface area (Å²) in [5.74, 6) is 1.83. The van der Waals surface area contributed by atoms with Crippen molar-refractivity contribution in [2.75, 3.05) is 19.9 Å². The lowest BCUT2D eigenvalue weighted by Gasteiger charge is -2.16. The van der Waals surface area contributed by atoms with Crippen LogP contribution in [0.4, 0.5) is 0 Å². The Morgan fingerprint density at radius 2 is 2.00 bits per heavy atom. The van der Waals surface area contributed by atoms with Crippen molar-refractivity contribution in [2.45, 2.75) is 11.1 Å². The van der Waals surface area contributed by atoms with Crippen molar-refractivity contribution in [1.29, 1.82) is 0 Å². The molecule has 1 atom stereocenters. The highest BCUT2D eigenvalue weighted by Gasteiger charge is 2.10. The number of aromatic nitrogens is 1. The van der Waals surface area contributed by atoms with Crippen LogP contribution in [0, 0.1) is 0 Å². The smallest absolute Gasteiger partial charge is 0.118 e. The van der Waals surface area contributed by atoms with Crippen molar-refractivity contribution in [3.8, 4) is 5.75 Å². The van der Waals surface area contributed by atoms with Crippen LogP contribution in [0.1, 0.15) is 11.6 Å². The van der Waals surface area contributed by atoms with Crippen LogP contribution in [-0.2, 0) is 0 Å². The Balaban J connectivity index is 1.99. The van der Waals surface area contributed by atoms with Crippen LogP contribution in [-0.4, -0.2) is 24.9 Å². The molecule has 1 unspecified atom stereocenters. The van der Waals surface area contributed by atoms with E-state index in [9.17, 15) is 0 Å². The van der Waals surface area contributed by atoms with Crippen LogP contribution in [0.5, 0.6) is 5.75 Å². The van der Waals surface area contributed by atoms with E-state index in [1.165, 1.54) is 5.56 Å². The first-order chi connectivity index (χ1) is 9.33. The molecule has 1 aromatic heterocycles. The molecule has 3 nitrogen and oxygen atoms in total. The molecule has 4 heteroatoms. The van der Waals surface area contributed by atoms with E-state index in [0.717, 1.165) is 16.5 Å². The quantitative estimate of drug-likeness (QED) is 0.821. The van der Waals surface area contributed by atoms with Gasteiger partial charge in [-0.05, 0) is 36.9 Å². The summed E-state index contributed by atoms with van der Waals surface area (Å²) in [6, 6.07) is 14.5. The number of thioether (sulfide) groups is 1. The van der Waals surface area contributed by atoms with E-state index in [1.54, 1.807) is 18.9 Å². The first-order valence-corrected chi connectivity index (χ1v) is 7.17. The summed E-state index contributed by atoms with van der Waals surface area (Å²) >= 11 is 1.75. The van der Waals surface area contributed by atoms with Crippen molar-refractivity contribution in [2.24, 2.45) is 0 Å². The van der Waals surface area contributed by atoms with E-state index in [0.29, 0.717) is 6.04 Å². The Hall–Kier alpha value is -1.52. The van der Waals surface area contributed by atoms with Crippen LogP contribution >= 0.6 is 11.8 Å². The summed E-state index contributed by atoms with van der Waals surface area (Å²) in [4.78, 5) is 4.32. The molecule has 0 aliphatic carbocycles. The number of nitrogens with zero attached hydrogens (tertiary/aromatic N) is 1. The highest BCUT2D eigenvalue weighted by atomic mass is 32.2. The second-order valence-electron chi connectivity index (χ2n) is 4.09. The molecule has 0 saturated heterocycles. The van der Waals surface area contributed by atoms with Crippen LogP contribution < -0.4 is 10.1 Å². The predicted molar refractivity (Wildman–Crippen MR) is 79.8 cm³/mol. The van der Waals surface area contributed by atoms with Gasteiger partial charge in [0.1, 0.15) is 5.75 Å². The molecule has 19 heavy (non-hydrogen) atoms. The minimum absolute atomic E-state index is 0.304. The van der Waals surface area contributed by atoms with E-state index in [1.807, 2.05) is 43.6 Å². The maximum Gasteiger partial charge on any atom is 0.118 e. The number of hydrogen-bond acceptors (Lipinski definition) is 4. The van der Waals surface area contributed by atoms with Gasteiger partial charge in [0.05, 0.1) is 12.1 Å². The first kappa shape index (κ1) is 13.9. The maximum atomic E-state index is 5.18. The molecule has 100 valence electrons. The molecule has 0 amide bonds. The SMILES string of the molecule is CNC(CSc1ccccn1)c1ccc(OC)cc1. The Morgan fingerprint density at radius 1 is 1.21 bits per heavy atom. The largest absolute Gasteiger partial charge is 0.497 e. The summed E-state index contributed by atoms with van der Waals surface area (Å²) in [6.45, 7) is 0. The molecule has 0 spiro atoms. The minimum atomic E-state index is 0.304. The van der Waals surface area contributed by atoms with Gasteiger partial charge in [0.25, 0.3) is 0 Å². The molecule has 0 radical (unpaired) electrons. The molecular weight excluding hydrogens is 256 g/mol. The van der Waals surface area contributed by atoms with Crippen molar-refractivity contribution in [3.05, 3.63) is 54.2 Å². The first-order valence-electron chi connectivity index (χ1n) is 6.18. The number of methoxy groups -OCH3 is 1. The fraction of sp³-hybridized carbons (Fsp3) is 0.267. The Kier molecular flexibility index (Phi) is 5.24. The predicted octanol–water partition coefficient (Wildman–Crippen LogP) is 3.14. The summed E-state index contributed by atoms with van der Waals surface area (Å²) in [5, 5.41) is 4.39. The van der Waals surface area contributed by atoms with Crippen molar-refractivity contribution in [1.82, 2.24) is 10.3 Å². The summed E-state index contributed by atoms with van der Waals surface area (Å²) in [5.41, 5.74) is 1.26. The Labute approximate surface area is 118 Å². The summed E-state index contributed by atoms with van der Waals surface area (Å²) < 4.78 is 5.18. The zero-order valence-electron chi connectivity index (χ0n) is 11.2. The van der Waals surface area contributed by atoms with Crippen LogP contribution in [0.15, 0.2) is 53.7 Å². The third-order valence-corrected chi connectivity index (χ3v) is 3.94. The molecule has 0 aliphatic rings. The third kappa shape index (κ3) is 3.98. The summed E-state index contributed by atoms with van der Waals surface area (Å²) in [6.07, 6.45) is 1.82. The maximum absolute atomic E-state index is 5.18. The molecule has 1 N–H and O–H groups in total. The number of rotatable bonds is 6. The van der Waals surface area contributed by atoms with Gasteiger partial charge in [0.15, 0.2) is 0 Å². The Morgan fingerprint density at radius 3 is 2.58 bits per heavy atom. The van der Waals surface area contributed by atoms with Gasteiger partial charge in [-0.15, -0.1) is 11.8 Å². The van der Waals surface area contributed by atoms with Gasteiger partial charge >= 0.3 is 0 Å². The molecule has 1 aromatic carbocycles. The molecular formula is C15H18N2OS. The number of hydrogen-bond donors (Lipinski definition) is 1. The van der Waals surface area contributed by atoms with Crippen LogP contribution in [0.2, 0.25) is 0 Å². The van der Waals surface area contributed by atoms with E-state index in [-0.39, 0.29) is 0 Å². The highest BCUT2D eigenvalue weighted by molar-refractivity contribution is 7.99. The number of pyridine rings is 1. The highest BCUT2D eigenvalue weighted by Crippen LogP contribution is 2.24. The number of benzene rings is 1. The monoisotopic (exact) mass is 274 g/mol. The molecule has 0 saturated carbocycles. The van der Waals surface area contributed by atoms with Crippen LogP contribution in [0.3, 0.4) is 0 Å². The number of nitrogens with one attached hydrogen (secondary N) is 1. The third-order valence-electron chi connectivity index (χ3n) is 2.90. The van der Waals surface area contributed by atoms with E-state index in [2.05, 4.69) is 22.4 Å². The minimum Gasteiger partial charge on any atom is -0.497 e. The Bertz CT molecular complexity index is 487. The summed E-state index contributed by atoms with van der Waals surface area (Å²) in [7, 11) is 3.66. The van der Waals surface area contributed by atoms with Gasteiger partial charge in [0, 0.05) is 18.0 Å². The second kappa shape index (κ2) is 7.16. The van der Waals surface area contributed by atoms with Crippen LogP contribution in [0.25, 0.3) is 0 Å². The van der Waals surface area contributed by atoms with Gasteiger partial charge in [-0.1, -0.05) is 18.2 Å². The molecule has 0 bridgehead atoms. The van der Waals surface area contributed by atoms with Gasteiger partial charge in [0.2, 0.25) is 0 Å². The standard InChI is InChI=1S/C15H18N2OS/c1-16-14(11-19-15-5-3-4-10-17-15)12-6-8-13(18-2)9-7-12/h3-10,14,16H,11H2,1-2H3. The van der Waals surface area contributed by atoms with Crippen molar-refractivity contribution in [3.63, 3.8) is 0 Å². The van der Waals surface area contributed by atoms with E-state index < -0.39 is 0 Å². The molecule has 0 fully saturated rings. The average Bonchev–Trinajstić information content (AvgIpc) is 2.49. The topological polar surface area (TPSA) is 34.2 Å². The fourth-order valence-electron chi connectivity index (χ4n) is 1.78. The molecule has 2 rings (SSSR count). The van der Waals surface area contributed by atoms with Gasteiger partial charge < -0.3 is 10.1 Å². The average molecular weight is 274 g/mol. The van der Waals surface area contributed by atoms with Crippen molar-refractivity contribution >= 4 is 11.8 Å². The van der Waals surface area contributed by atoms with Gasteiger partial charge in [-0.2, -0.15) is 0 Å². The van der Waals surface area contributed by atoms with E-state index >= 15 is 0 Å². The molecule has 1 heterocycles. The lowest BCUT2D eigenvalue weighted by atomic mass is 10.1. The van der Waals surface area contributed by atoms with E-state index in [4.69, 9.17) is 4.74 Å². The number of ether oxygens (including phenoxy) is 1. The molecule has 2 aromatic rings. The molecule has 0 aliphatic heterocycles. The van der Waals surface area contributed by atoms with Crippen molar-refractivity contribution < 1.29 is 4.74 Å². The zero-order valence-corrected chi connectivity index (χ0v) is 12.0. The lowest BCUT2D eigenvalue weighted by molar-refractivity contribution is 0.414. The van der Waals surface area contributed by atoms with Gasteiger partial charge in [-0.3, -0.25) is 0 Å². The lowest BCUT2D eigenvalue weighted by Crippen LogP contribution is -2.18. The normalized spacial score (nSPS) is 12.1.